The second kappa shape index (κ2) is 4.07. The Hall–Kier alpha value is -1.66. The van der Waals surface area contributed by atoms with Gasteiger partial charge in [-0.1, -0.05) is 11.6 Å². The van der Waals surface area contributed by atoms with Crippen LogP contribution < -0.4 is 11.3 Å². The van der Waals surface area contributed by atoms with Crippen LogP contribution in [0.3, 0.4) is 0 Å². The summed E-state index contributed by atoms with van der Waals surface area (Å²) < 4.78 is 1.79. The number of halogens is 1. The smallest absolute Gasteiger partial charge is 0.239 e. The van der Waals surface area contributed by atoms with E-state index in [1.165, 1.54) is 6.20 Å². The number of aryl methyl sites for hydroxylation is 1. The fraction of sp³-hybridized carbons (Fsp3) is 0.222. The van der Waals surface area contributed by atoms with Crippen molar-refractivity contribution in [3.63, 3.8) is 0 Å². The van der Waals surface area contributed by atoms with Gasteiger partial charge in [0.15, 0.2) is 5.82 Å². The maximum atomic E-state index is 6.03. The SMILES string of the molecule is Cc1ncn(-c2nc(NN)ncc2Cl)c1C. The van der Waals surface area contributed by atoms with Gasteiger partial charge < -0.3 is 0 Å². The van der Waals surface area contributed by atoms with E-state index < -0.39 is 0 Å². The molecule has 6 nitrogen and oxygen atoms in total. The maximum Gasteiger partial charge on any atom is 0.239 e. The lowest BCUT2D eigenvalue weighted by Crippen LogP contribution is -2.12. The van der Waals surface area contributed by atoms with E-state index in [9.17, 15) is 0 Å². The highest BCUT2D eigenvalue weighted by atomic mass is 35.5. The number of nitrogens with zero attached hydrogens (tertiary/aromatic N) is 4. The zero-order valence-corrected chi connectivity index (χ0v) is 9.65. The summed E-state index contributed by atoms with van der Waals surface area (Å²) >= 11 is 6.03. The van der Waals surface area contributed by atoms with Gasteiger partial charge in [0.25, 0.3) is 0 Å². The molecular formula is C9H11ClN6. The van der Waals surface area contributed by atoms with Crippen LogP contribution in [0, 0.1) is 13.8 Å². The summed E-state index contributed by atoms with van der Waals surface area (Å²) in [6, 6.07) is 0. The van der Waals surface area contributed by atoms with Gasteiger partial charge in [-0.15, -0.1) is 0 Å². The Kier molecular flexibility index (Phi) is 2.76. The maximum absolute atomic E-state index is 6.03. The first-order valence-corrected chi connectivity index (χ1v) is 5.01. The molecule has 0 aliphatic rings. The van der Waals surface area contributed by atoms with Crippen LogP contribution in [0.2, 0.25) is 5.02 Å². The molecule has 84 valence electrons. The largest absolute Gasteiger partial charge is 0.292 e. The van der Waals surface area contributed by atoms with Gasteiger partial charge in [0.05, 0.1) is 11.9 Å². The molecule has 2 aromatic rings. The lowest BCUT2D eigenvalue weighted by molar-refractivity contribution is 0.933. The first-order valence-electron chi connectivity index (χ1n) is 4.63. The van der Waals surface area contributed by atoms with Crippen LogP contribution >= 0.6 is 11.6 Å². The van der Waals surface area contributed by atoms with Crippen LogP contribution in [0.1, 0.15) is 11.4 Å². The van der Waals surface area contributed by atoms with E-state index in [-0.39, 0.29) is 0 Å². The fourth-order valence-corrected chi connectivity index (χ4v) is 1.49. The highest BCUT2D eigenvalue weighted by Gasteiger charge is 2.10. The predicted octanol–water partition coefficient (Wildman–Crippen LogP) is 1.22. The molecule has 0 radical (unpaired) electrons. The van der Waals surface area contributed by atoms with Crippen molar-refractivity contribution in [1.29, 1.82) is 0 Å². The molecule has 7 heteroatoms. The van der Waals surface area contributed by atoms with Crippen LogP contribution in [-0.4, -0.2) is 19.5 Å². The number of aromatic nitrogens is 4. The van der Waals surface area contributed by atoms with Crippen molar-refractivity contribution in [2.75, 3.05) is 5.43 Å². The molecule has 2 heterocycles. The molecule has 0 atom stereocenters. The van der Waals surface area contributed by atoms with Crippen LogP contribution in [-0.2, 0) is 0 Å². The van der Waals surface area contributed by atoms with Crippen molar-refractivity contribution >= 4 is 17.5 Å². The fourth-order valence-electron chi connectivity index (χ4n) is 1.31. The second-order valence-electron chi connectivity index (χ2n) is 3.29. The zero-order chi connectivity index (χ0) is 11.7. The molecule has 0 amide bonds. The molecule has 0 bridgehead atoms. The number of rotatable bonds is 2. The molecule has 0 aliphatic carbocycles. The van der Waals surface area contributed by atoms with Gasteiger partial charge in [-0.05, 0) is 13.8 Å². The first kappa shape index (κ1) is 10.8. The lowest BCUT2D eigenvalue weighted by Gasteiger charge is -2.07. The van der Waals surface area contributed by atoms with E-state index in [1.807, 2.05) is 13.8 Å². The highest BCUT2D eigenvalue weighted by molar-refractivity contribution is 6.32. The molecule has 0 saturated heterocycles. The quantitative estimate of drug-likeness (QED) is 0.607. The van der Waals surface area contributed by atoms with Crippen molar-refractivity contribution in [3.05, 3.63) is 28.9 Å². The van der Waals surface area contributed by atoms with Crippen molar-refractivity contribution in [1.82, 2.24) is 19.5 Å². The molecule has 16 heavy (non-hydrogen) atoms. The molecule has 2 aromatic heterocycles. The topological polar surface area (TPSA) is 81.7 Å². The van der Waals surface area contributed by atoms with Gasteiger partial charge in [0, 0.05) is 5.69 Å². The number of hydrazine groups is 1. The summed E-state index contributed by atoms with van der Waals surface area (Å²) in [5.74, 6) is 6.12. The number of nitrogens with one attached hydrogen (secondary N) is 1. The second-order valence-corrected chi connectivity index (χ2v) is 3.70. The zero-order valence-electron chi connectivity index (χ0n) is 8.90. The van der Waals surface area contributed by atoms with E-state index >= 15 is 0 Å². The molecular weight excluding hydrogens is 228 g/mol. The Balaban J connectivity index is 2.59. The molecule has 0 saturated carbocycles. The van der Waals surface area contributed by atoms with Crippen molar-refractivity contribution in [2.24, 2.45) is 5.84 Å². The van der Waals surface area contributed by atoms with Crippen LogP contribution in [0.25, 0.3) is 5.82 Å². The average Bonchev–Trinajstić information content (AvgIpc) is 2.61. The minimum Gasteiger partial charge on any atom is -0.292 e. The van der Waals surface area contributed by atoms with Crippen LogP contribution in [0.15, 0.2) is 12.5 Å². The number of nitrogens with two attached hydrogens (primary N) is 1. The van der Waals surface area contributed by atoms with Gasteiger partial charge in [0.2, 0.25) is 5.95 Å². The predicted molar refractivity (Wildman–Crippen MR) is 61.4 cm³/mol. The normalized spacial score (nSPS) is 10.5. The highest BCUT2D eigenvalue weighted by Crippen LogP contribution is 2.20. The molecule has 2 rings (SSSR count). The molecule has 0 fully saturated rings. The number of nitrogen functional groups attached to an aromatic ring is 1. The Bertz CT molecular complexity index is 521. The minimum atomic E-state index is 0.310. The third-order valence-corrected chi connectivity index (χ3v) is 2.60. The average molecular weight is 239 g/mol. The lowest BCUT2D eigenvalue weighted by atomic mass is 10.4. The molecule has 0 spiro atoms. The molecule has 3 N–H and O–H groups in total. The third kappa shape index (κ3) is 1.72. The number of hydrogen-bond acceptors (Lipinski definition) is 5. The van der Waals surface area contributed by atoms with Gasteiger partial charge in [-0.25, -0.2) is 15.8 Å². The van der Waals surface area contributed by atoms with E-state index in [2.05, 4.69) is 20.4 Å². The third-order valence-electron chi connectivity index (χ3n) is 2.33. The Labute approximate surface area is 97.5 Å². The minimum absolute atomic E-state index is 0.310. The van der Waals surface area contributed by atoms with E-state index in [0.717, 1.165) is 11.4 Å². The summed E-state index contributed by atoms with van der Waals surface area (Å²) in [6.07, 6.45) is 3.16. The van der Waals surface area contributed by atoms with Gasteiger partial charge >= 0.3 is 0 Å². The monoisotopic (exact) mass is 238 g/mol. The van der Waals surface area contributed by atoms with Gasteiger partial charge in [-0.3, -0.25) is 9.99 Å². The number of hydrogen-bond donors (Lipinski definition) is 2. The molecule has 0 unspecified atom stereocenters. The summed E-state index contributed by atoms with van der Waals surface area (Å²) in [7, 11) is 0. The Morgan fingerprint density at radius 1 is 1.38 bits per heavy atom. The van der Waals surface area contributed by atoms with Crippen molar-refractivity contribution < 1.29 is 0 Å². The van der Waals surface area contributed by atoms with Crippen LogP contribution in [0.4, 0.5) is 5.95 Å². The summed E-state index contributed by atoms with van der Waals surface area (Å²) in [4.78, 5) is 12.3. The van der Waals surface area contributed by atoms with E-state index in [0.29, 0.717) is 16.8 Å². The van der Waals surface area contributed by atoms with E-state index in [1.54, 1.807) is 10.9 Å². The first-order chi connectivity index (χ1) is 7.63. The Morgan fingerprint density at radius 3 is 2.69 bits per heavy atom. The Morgan fingerprint density at radius 2 is 2.12 bits per heavy atom. The van der Waals surface area contributed by atoms with E-state index in [4.69, 9.17) is 17.4 Å². The summed E-state index contributed by atoms with van der Waals surface area (Å²) in [5.41, 5.74) is 4.28. The van der Waals surface area contributed by atoms with Gasteiger partial charge in [-0.2, -0.15) is 4.98 Å². The summed E-state index contributed by atoms with van der Waals surface area (Å²) in [6.45, 7) is 3.86. The van der Waals surface area contributed by atoms with Gasteiger partial charge in [0.1, 0.15) is 11.3 Å². The standard InChI is InChI=1S/C9H11ClN6/c1-5-6(2)16(4-13-5)8-7(10)3-12-9(14-8)15-11/h3-4H,11H2,1-2H3,(H,12,14,15). The molecule has 0 aromatic carbocycles. The van der Waals surface area contributed by atoms with Crippen molar-refractivity contribution in [2.45, 2.75) is 13.8 Å². The molecule has 0 aliphatic heterocycles. The number of imidazole rings is 1. The van der Waals surface area contributed by atoms with Crippen molar-refractivity contribution in [3.8, 4) is 5.82 Å². The van der Waals surface area contributed by atoms with Crippen LogP contribution in [0.5, 0.6) is 0 Å². The number of anilines is 1. The summed E-state index contributed by atoms with van der Waals surface area (Å²) in [5, 5.41) is 0.444.